The molecule has 2 heterocycles. The molecule has 1 aromatic rings. The lowest BCUT2D eigenvalue weighted by atomic mass is 10.2. The number of nitrogens with zero attached hydrogens (tertiary/aromatic N) is 2. The summed E-state index contributed by atoms with van der Waals surface area (Å²) in [6.45, 7) is 7.65. The third-order valence-corrected chi connectivity index (χ3v) is 4.13. The second-order valence-electron chi connectivity index (χ2n) is 5.51. The third-order valence-electron chi connectivity index (χ3n) is 4.13. The Balaban J connectivity index is 1.51. The molecule has 2 N–H and O–H groups in total. The normalized spacial score (nSPS) is 25.6. The highest BCUT2D eigenvalue weighted by molar-refractivity contribution is 5.22. The van der Waals surface area contributed by atoms with Crippen molar-refractivity contribution in [3.8, 4) is 0 Å². The van der Waals surface area contributed by atoms with Crippen molar-refractivity contribution >= 4 is 0 Å². The van der Waals surface area contributed by atoms with Crippen molar-refractivity contribution in [1.29, 1.82) is 0 Å². The molecule has 2 fully saturated rings. The first-order chi connectivity index (χ1) is 8.24. The van der Waals surface area contributed by atoms with Crippen LogP contribution in [0.1, 0.15) is 36.2 Å². The number of rotatable bonds is 4. The van der Waals surface area contributed by atoms with Crippen LogP contribution in [-0.4, -0.2) is 40.3 Å². The van der Waals surface area contributed by atoms with E-state index in [1.54, 1.807) is 0 Å². The number of hydrogen-bond acceptors (Lipinski definition) is 3. The Morgan fingerprint density at radius 3 is 2.82 bits per heavy atom. The maximum Gasteiger partial charge on any atom is 0.0638 e. The molecule has 4 nitrogen and oxygen atoms in total. The van der Waals surface area contributed by atoms with Gasteiger partial charge >= 0.3 is 0 Å². The second kappa shape index (κ2) is 4.42. The molecule has 0 spiro atoms. The Bertz CT molecular complexity index is 375. The van der Waals surface area contributed by atoms with E-state index in [1.165, 1.54) is 43.6 Å². The van der Waals surface area contributed by atoms with Crippen molar-refractivity contribution in [3.05, 3.63) is 17.0 Å². The van der Waals surface area contributed by atoms with E-state index in [9.17, 15) is 0 Å². The number of hydrogen-bond donors (Lipinski definition) is 2. The minimum absolute atomic E-state index is 0.671. The van der Waals surface area contributed by atoms with Gasteiger partial charge < -0.3 is 5.32 Å². The summed E-state index contributed by atoms with van der Waals surface area (Å²) in [6.07, 6.45) is 4.14. The Kier molecular flexibility index (Phi) is 2.92. The zero-order valence-corrected chi connectivity index (χ0v) is 10.8. The lowest BCUT2D eigenvalue weighted by Gasteiger charge is -2.15. The van der Waals surface area contributed by atoms with Crippen molar-refractivity contribution in [1.82, 2.24) is 20.4 Å². The van der Waals surface area contributed by atoms with Crippen LogP contribution in [0.2, 0.25) is 0 Å². The van der Waals surface area contributed by atoms with Gasteiger partial charge in [-0.05, 0) is 33.1 Å². The summed E-state index contributed by atoms with van der Waals surface area (Å²) in [7, 11) is 0. The molecule has 4 heteroatoms. The smallest absolute Gasteiger partial charge is 0.0638 e. The summed E-state index contributed by atoms with van der Waals surface area (Å²) < 4.78 is 0. The molecule has 94 valence electrons. The minimum atomic E-state index is 0.671. The summed E-state index contributed by atoms with van der Waals surface area (Å²) in [4.78, 5) is 2.65. The van der Waals surface area contributed by atoms with Crippen LogP contribution in [0.15, 0.2) is 0 Å². The lowest BCUT2D eigenvalue weighted by molar-refractivity contribution is 0.317. The van der Waals surface area contributed by atoms with Crippen molar-refractivity contribution in [2.75, 3.05) is 13.1 Å². The number of nitrogens with one attached hydrogen (secondary N) is 2. The highest BCUT2D eigenvalue weighted by Crippen LogP contribution is 2.29. The van der Waals surface area contributed by atoms with Crippen LogP contribution in [0.4, 0.5) is 0 Å². The number of H-pyrrole nitrogens is 1. The summed E-state index contributed by atoms with van der Waals surface area (Å²) in [5.74, 6) is 0. The fourth-order valence-corrected chi connectivity index (χ4v) is 2.81. The summed E-state index contributed by atoms with van der Waals surface area (Å²) in [5, 5.41) is 11.0. The van der Waals surface area contributed by atoms with Crippen LogP contribution in [0.5, 0.6) is 0 Å². The Hall–Kier alpha value is -0.870. The van der Waals surface area contributed by atoms with Crippen LogP contribution in [0, 0.1) is 13.8 Å². The van der Waals surface area contributed by atoms with Gasteiger partial charge in [-0.1, -0.05) is 0 Å². The van der Waals surface area contributed by atoms with Crippen LogP contribution in [0.25, 0.3) is 0 Å². The summed E-state index contributed by atoms with van der Waals surface area (Å²) >= 11 is 0. The van der Waals surface area contributed by atoms with E-state index in [0.29, 0.717) is 6.04 Å². The fourth-order valence-electron chi connectivity index (χ4n) is 2.81. The van der Waals surface area contributed by atoms with Gasteiger partial charge in [-0.25, -0.2) is 0 Å². The summed E-state index contributed by atoms with van der Waals surface area (Å²) in [5.41, 5.74) is 3.67. The average molecular weight is 234 g/mol. The Morgan fingerprint density at radius 1 is 1.35 bits per heavy atom. The number of aromatic amines is 1. The van der Waals surface area contributed by atoms with Crippen molar-refractivity contribution < 1.29 is 0 Å². The number of aromatic nitrogens is 2. The van der Waals surface area contributed by atoms with E-state index in [0.717, 1.165) is 18.3 Å². The standard InChI is InChI=1S/C13H22N4/c1-9-13(10(2)16-15-9)7-14-11-5-6-17(8-11)12-3-4-12/h11-12,14H,3-8H2,1-2H3,(H,15,16). The van der Waals surface area contributed by atoms with Crippen molar-refractivity contribution in [3.63, 3.8) is 0 Å². The van der Waals surface area contributed by atoms with Crippen molar-refractivity contribution in [2.24, 2.45) is 0 Å². The molecule has 0 amide bonds. The van der Waals surface area contributed by atoms with Gasteiger partial charge in [-0.2, -0.15) is 5.10 Å². The van der Waals surface area contributed by atoms with Gasteiger partial charge in [0.1, 0.15) is 0 Å². The third kappa shape index (κ3) is 2.38. The molecule has 0 radical (unpaired) electrons. The maximum absolute atomic E-state index is 4.24. The van der Waals surface area contributed by atoms with Gasteiger partial charge in [0.05, 0.1) is 5.69 Å². The zero-order chi connectivity index (χ0) is 11.8. The fraction of sp³-hybridized carbons (Fsp3) is 0.769. The molecule has 1 aliphatic carbocycles. The van der Waals surface area contributed by atoms with E-state index in [2.05, 4.69) is 34.3 Å². The predicted octanol–water partition coefficient (Wildman–Crippen LogP) is 1.35. The molecule has 17 heavy (non-hydrogen) atoms. The molecule has 1 atom stereocenters. The van der Waals surface area contributed by atoms with Crippen LogP contribution in [-0.2, 0) is 6.54 Å². The van der Waals surface area contributed by atoms with Crippen LogP contribution in [0.3, 0.4) is 0 Å². The Labute approximate surface area is 103 Å². The molecule has 2 aliphatic rings. The molecule has 1 aromatic heterocycles. The maximum atomic E-state index is 4.24. The average Bonchev–Trinajstić information content (AvgIpc) is 2.98. The topological polar surface area (TPSA) is 44.0 Å². The first-order valence-corrected chi connectivity index (χ1v) is 6.72. The molecular weight excluding hydrogens is 212 g/mol. The number of likely N-dealkylation sites (tertiary alicyclic amines) is 1. The molecule has 1 saturated carbocycles. The highest BCUT2D eigenvalue weighted by atomic mass is 15.2. The molecule has 0 bridgehead atoms. The Morgan fingerprint density at radius 2 is 2.18 bits per heavy atom. The number of aryl methyl sites for hydroxylation is 2. The van der Waals surface area contributed by atoms with E-state index in [1.807, 2.05) is 0 Å². The highest BCUT2D eigenvalue weighted by Gasteiger charge is 2.34. The lowest BCUT2D eigenvalue weighted by Crippen LogP contribution is -2.33. The molecule has 1 unspecified atom stereocenters. The molecule has 0 aromatic carbocycles. The molecule has 1 saturated heterocycles. The van der Waals surface area contributed by atoms with Gasteiger partial charge in [0, 0.05) is 43.0 Å². The van der Waals surface area contributed by atoms with E-state index in [4.69, 9.17) is 0 Å². The van der Waals surface area contributed by atoms with E-state index >= 15 is 0 Å². The summed E-state index contributed by atoms with van der Waals surface area (Å²) in [6, 6.07) is 1.59. The van der Waals surface area contributed by atoms with E-state index in [-0.39, 0.29) is 0 Å². The monoisotopic (exact) mass is 234 g/mol. The van der Waals surface area contributed by atoms with Crippen LogP contribution >= 0.6 is 0 Å². The first kappa shape index (κ1) is 11.2. The van der Waals surface area contributed by atoms with E-state index < -0.39 is 0 Å². The quantitative estimate of drug-likeness (QED) is 0.826. The second-order valence-corrected chi connectivity index (χ2v) is 5.51. The van der Waals surface area contributed by atoms with Crippen molar-refractivity contribution in [2.45, 2.75) is 51.7 Å². The SMILES string of the molecule is Cc1n[nH]c(C)c1CNC1CCN(C2CC2)C1. The molecule has 1 aliphatic heterocycles. The van der Waals surface area contributed by atoms with Crippen LogP contribution < -0.4 is 5.32 Å². The van der Waals surface area contributed by atoms with Gasteiger partial charge in [-0.3, -0.25) is 10.00 Å². The van der Waals surface area contributed by atoms with Gasteiger partial charge in [0.2, 0.25) is 0 Å². The van der Waals surface area contributed by atoms with Gasteiger partial charge in [0.15, 0.2) is 0 Å². The minimum Gasteiger partial charge on any atom is -0.308 e. The largest absolute Gasteiger partial charge is 0.308 e. The van der Waals surface area contributed by atoms with Gasteiger partial charge in [0.25, 0.3) is 0 Å². The molecule has 3 rings (SSSR count). The molecular formula is C13H22N4. The van der Waals surface area contributed by atoms with Gasteiger partial charge in [-0.15, -0.1) is 0 Å². The first-order valence-electron chi connectivity index (χ1n) is 6.72. The zero-order valence-electron chi connectivity index (χ0n) is 10.8. The predicted molar refractivity (Wildman–Crippen MR) is 67.9 cm³/mol.